The van der Waals surface area contributed by atoms with Gasteiger partial charge in [0.2, 0.25) is 5.91 Å². The minimum absolute atomic E-state index is 0.135. The number of carbonyl (C=O) groups is 1. The molecule has 0 saturated heterocycles. The summed E-state index contributed by atoms with van der Waals surface area (Å²) in [7, 11) is 0. The van der Waals surface area contributed by atoms with Crippen molar-refractivity contribution in [2.24, 2.45) is 16.1 Å². The third-order valence-electron chi connectivity index (χ3n) is 3.90. The van der Waals surface area contributed by atoms with Gasteiger partial charge in [0, 0.05) is 11.6 Å². The first-order chi connectivity index (χ1) is 10.8. The van der Waals surface area contributed by atoms with E-state index in [4.69, 9.17) is 0 Å². The van der Waals surface area contributed by atoms with Crippen LogP contribution in [0.15, 0.2) is 64.8 Å². The molecule has 0 unspecified atom stereocenters. The molecule has 4 nitrogen and oxygen atoms in total. The molecule has 0 radical (unpaired) electrons. The normalized spacial score (nSPS) is 15.3. The van der Waals surface area contributed by atoms with Crippen LogP contribution < -0.4 is 5.32 Å². The fraction of sp³-hybridized carbons (Fsp3) is 0.278. The Bertz CT molecular complexity index is 644. The molecule has 1 N–H and O–H groups in total. The van der Waals surface area contributed by atoms with Crippen LogP contribution in [0.3, 0.4) is 0 Å². The molecule has 3 rings (SSSR count). The third kappa shape index (κ3) is 3.79. The van der Waals surface area contributed by atoms with Gasteiger partial charge in [-0.3, -0.25) is 4.79 Å². The number of hydrogen-bond acceptors (Lipinski definition) is 3. The number of anilines is 1. The molecule has 22 heavy (non-hydrogen) atoms. The molecule has 0 aliphatic heterocycles. The maximum absolute atomic E-state index is 12.1. The van der Waals surface area contributed by atoms with E-state index in [0.29, 0.717) is 0 Å². The molecule has 0 atom stereocenters. The Balaban J connectivity index is 1.60. The standard InChI is InChI=1S/C18H19N3O/c22-18(14-6-4-5-7-14)19-15-10-12-17(13-11-15)21-20-16-8-2-1-3-9-16/h1-3,8-14H,4-7H2,(H,19,22). The van der Waals surface area contributed by atoms with Gasteiger partial charge in [0.25, 0.3) is 0 Å². The van der Waals surface area contributed by atoms with Crippen LogP contribution >= 0.6 is 0 Å². The highest BCUT2D eigenvalue weighted by molar-refractivity contribution is 5.92. The first kappa shape index (κ1) is 14.4. The molecule has 1 aliphatic rings. The topological polar surface area (TPSA) is 53.8 Å². The SMILES string of the molecule is O=C(Nc1ccc(N=Nc2ccccc2)cc1)C1CCCC1. The highest BCUT2D eigenvalue weighted by Crippen LogP contribution is 2.26. The molecule has 112 valence electrons. The second kappa shape index (κ2) is 6.98. The van der Waals surface area contributed by atoms with Gasteiger partial charge in [-0.05, 0) is 49.2 Å². The Hall–Kier alpha value is -2.49. The lowest BCUT2D eigenvalue weighted by atomic mass is 10.1. The quantitative estimate of drug-likeness (QED) is 0.771. The van der Waals surface area contributed by atoms with Crippen LogP contribution in [0.5, 0.6) is 0 Å². The molecule has 0 heterocycles. The van der Waals surface area contributed by atoms with Crippen molar-refractivity contribution in [3.05, 3.63) is 54.6 Å². The number of azo groups is 1. The van der Waals surface area contributed by atoms with Crippen molar-refractivity contribution in [2.75, 3.05) is 5.32 Å². The fourth-order valence-electron chi connectivity index (χ4n) is 2.65. The largest absolute Gasteiger partial charge is 0.326 e. The molecular weight excluding hydrogens is 274 g/mol. The van der Waals surface area contributed by atoms with Crippen molar-refractivity contribution in [3.8, 4) is 0 Å². The first-order valence-corrected chi connectivity index (χ1v) is 7.69. The molecule has 1 aliphatic carbocycles. The summed E-state index contributed by atoms with van der Waals surface area (Å²) in [5, 5.41) is 11.3. The lowest BCUT2D eigenvalue weighted by molar-refractivity contribution is -0.119. The summed E-state index contributed by atoms with van der Waals surface area (Å²) >= 11 is 0. The Kier molecular flexibility index (Phi) is 4.59. The molecule has 1 amide bonds. The maximum atomic E-state index is 12.1. The van der Waals surface area contributed by atoms with E-state index in [1.807, 2.05) is 54.6 Å². The average molecular weight is 293 g/mol. The molecule has 1 fully saturated rings. The van der Waals surface area contributed by atoms with E-state index >= 15 is 0 Å². The van der Waals surface area contributed by atoms with Crippen LogP contribution in [0.4, 0.5) is 17.1 Å². The Morgan fingerprint density at radius 1 is 0.864 bits per heavy atom. The van der Waals surface area contributed by atoms with E-state index < -0.39 is 0 Å². The van der Waals surface area contributed by atoms with Crippen molar-refractivity contribution in [1.82, 2.24) is 0 Å². The minimum Gasteiger partial charge on any atom is -0.326 e. The summed E-state index contributed by atoms with van der Waals surface area (Å²) in [6.45, 7) is 0. The highest BCUT2D eigenvalue weighted by atomic mass is 16.1. The van der Waals surface area contributed by atoms with Crippen molar-refractivity contribution < 1.29 is 4.79 Å². The lowest BCUT2D eigenvalue weighted by Crippen LogP contribution is -2.20. The van der Waals surface area contributed by atoms with Crippen molar-refractivity contribution >= 4 is 23.0 Å². The van der Waals surface area contributed by atoms with Crippen molar-refractivity contribution in [3.63, 3.8) is 0 Å². The van der Waals surface area contributed by atoms with Crippen LogP contribution in [-0.2, 0) is 4.79 Å². The number of nitrogens with zero attached hydrogens (tertiary/aromatic N) is 2. The Morgan fingerprint density at radius 2 is 1.45 bits per heavy atom. The zero-order valence-corrected chi connectivity index (χ0v) is 12.4. The van der Waals surface area contributed by atoms with Crippen molar-refractivity contribution in [2.45, 2.75) is 25.7 Å². The fourth-order valence-corrected chi connectivity index (χ4v) is 2.65. The molecule has 2 aromatic rings. The van der Waals surface area contributed by atoms with Crippen LogP contribution in [0.1, 0.15) is 25.7 Å². The van der Waals surface area contributed by atoms with Crippen LogP contribution in [0, 0.1) is 5.92 Å². The Morgan fingerprint density at radius 3 is 2.09 bits per heavy atom. The van der Waals surface area contributed by atoms with Gasteiger partial charge in [0.1, 0.15) is 0 Å². The molecular formula is C18H19N3O. The minimum atomic E-state index is 0.135. The van der Waals surface area contributed by atoms with E-state index in [9.17, 15) is 4.79 Å². The van der Waals surface area contributed by atoms with Gasteiger partial charge in [0.05, 0.1) is 11.4 Å². The number of hydrogen-bond donors (Lipinski definition) is 1. The average Bonchev–Trinajstić information content (AvgIpc) is 3.10. The van der Waals surface area contributed by atoms with E-state index in [0.717, 1.165) is 42.7 Å². The number of nitrogens with one attached hydrogen (secondary N) is 1. The van der Waals surface area contributed by atoms with Crippen molar-refractivity contribution in [1.29, 1.82) is 0 Å². The third-order valence-corrected chi connectivity index (χ3v) is 3.90. The van der Waals surface area contributed by atoms with Gasteiger partial charge in [-0.25, -0.2) is 0 Å². The number of carbonyl (C=O) groups excluding carboxylic acids is 1. The van der Waals surface area contributed by atoms with Gasteiger partial charge in [-0.15, -0.1) is 0 Å². The summed E-state index contributed by atoms with van der Waals surface area (Å²) in [5.74, 6) is 0.314. The van der Waals surface area contributed by atoms with Gasteiger partial charge >= 0.3 is 0 Å². The second-order valence-electron chi connectivity index (χ2n) is 5.55. The van der Waals surface area contributed by atoms with E-state index in [1.54, 1.807) is 0 Å². The summed E-state index contributed by atoms with van der Waals surface area (Å²) < 4.78 is 0. The smallest absolute Gasteiger partial charge is 0.227 e. The van der Waals surface area contributed by atoms with Gasteiger partial charge in [0.15, 0.2) is 0 Å². The predicted octanol–water partition coefficient (Wildman–Crippen LogP) is 5.23. The summed E-state index contributed by atoms with van der Waals surface area (Å²) in [6.07, 6.45) is 4.35. The number of benzene rings is 2. The van der Waals surface area contributed by atoms with E-state index in [2.05, 4.69) is 15.5 Å². The van der Waals surface area contributed by atoms with Crippen LogP contribution in [0.2, 0.25) is 0 Å². The van der Waals surface area contributed by atoms with Gasteiger partial charge in [-0.1, -0.05) is 31.0 Å². The summed E-state index contributed by atoms with van der Waals surface area (Å²) in [6, 6.07) is 17.1. The monoisotopic (exact) mass is 293 g/mol. The predicted molar refractivity (Wildman–Crippen MR) is 87.6 cm³/mol. The molecule has 1 saturated carbocycles. The Labute approximate surface area is 130 Å². The second-order valence-corrected chi connectivity index (χ2v) is 5.55. The maximum Gasteiger partial charge on any atom is 0.227 e. The molecule has 0 spiro atoms. The van der Waals surface area contributed by atoms with E-state index in [1.165, 1.54) is 0 Å². The highest BCUT2D eigenvalue weighted by Gasteiger charge is 2.22. The first-order valence-electron chi connectivity index (χ1n) is 7.69. The number of amides is 1. The molecule has 4 heteroatoms. The van der Waals surface area contributed by atoms with Crippen LogP contribution in [0.25, 0.3) is 0 Å². The van der Waals surface area contributed by atoms with E-state index in [-0.39, 0.29) is 11.8 Å². The molecule has 0 bridgehead atoms. The lowest BCUT2D eigenvalue weighted by Gasteiger charge is -2.10. The summed E-state index contributed by atoms with van der Waals surface area (Å²) in [5.41, 5.74) is 2.40. The van der Waals surface area contributed by atoms with Gasteiger partial charge in [-0.2, -0.15) is 10.2 Å². The zero-order valence-electron chi connectivity index (χ0n) is 12.4. The zero-order chi connectivity index (χ0) is 15.2. The molecule has 0 aromatic heterocycles. The van der Waals surface area contributed by atoms with Crippen LogP contribution in [-0.4, -0.2) is 5.91 Å². The summed E-state index contributed by atoms with van der Waals surface area (Å²) in [4.78, 5) is 12.1. The molecule has 2 aromatic carbocycles. The van der Waals surface area contributed by atoms with Gasteiger partial charge < -0.3 is 5.32 Å². The number of rotatable bonds is 4.